The molecule has 3 rings (SSSR count). The number of hydrogen-bond donors (Lipinski definition) is 1. The van der Waals surface area contributed by atoms with Crippen molar-refractivity contribution in [3.63, 3.8) is 0 Å². The minimum absolute atomic E-state index is 0.327. The molecule has 0 amide bonds. The second kappa shape index (κ2) is 9.13. The highest BCUT2D eigenvalue weighted by Crippen LogP contribution is 2.19. The van der Waals surface area contributed by atoms with Gasteiger partial charge in [0.2, 0.25) is 0 Å². The third-order valence-electron chi connectivity index (χ3n) is 4.97. The Kier molecular flexibility index (Phi) is 6.62. The predicted octanol–water partition coefficient (Wildman–Crippen LogP) is 2.23. The molecule has 0 saturated carbocycles. The van der Waals surface area contributed by atoms with Crippen molar-refractivity contribution in [2.45, 2.75) is 44.5 Å². The SMILES string of the molecule is CN(Cc1ccccc1)C[C@H](O)CN1CCCC[C@@H]1Cn1cccn1. The molecule has 0 spiro atoms. The van der Waals surface area contributed by atoms with Gasteiger partial charge < -0.3 is 5.11 Å². The van der Waals surface area contributed by atoms with Crippen molar-refractivity contribution >= 4 is 0 Å². The molecule has 2 heterocycles. The minimum atomic E-state index is -0.327. The molecule has 0 unspecified atom stereocenters. The summed E-state index contributed by atoms with van der Waals surface area (Å²) >= 11 is 0. The number of hydrogen-bond acceptors (Lipinski definition) is 4. The maximum atomic E-state index is 10.6. The molecule has 5 heteroatoms. The highest BCUT2D eigenvalue weighted by Gasteiger charge is 2.25. The number of likely N-dealkylation sites (tertiary alicyclic amines) is 1. The topological polar surface area (TPSA) is 44.5 Å². The molecule has 25 heavy (non-hydrogen) atoms. The summed E-state index contributed by atoms with van der Waals surface area (Å²) in [5.41, 5.74) is 1.28. The van der Waals surface area contributed by atoms with Gasteiger partial charge in [0.05, 0.1) is 12.6 Å². The largest absolute Gasteiger partial charge is 0.390 e. The third-order valence-corrected chi connectivity index (χ3v) is 4.97. The highest BCUT2D eigenvalue weighted by atomic mass is 16.3. The molecule has 1 aliphatic heterocycles. The van der Waals surface area contributed by atoms with Crippen molar-refractivity contribution in [3.05, 3.63) is 54.4 Å². The van der Waals surface area contributed by atoms with E-state index in [1.807, 2.05) is 29.2 Å². The summed E-state index contributed by atoms with van der Waals surface area (Å²) in [6.07, 6.45) is 7.21. The normalized spacial score (nSPS) is 20.0. The van der Waals surface area contributed by atoms with Crippen LogP contribution >= 0.6 is 0 Å². The average Bonchev–Trinajstić information content (AvgIpc) is 3.10. The lowest BCUT2D eigenvalue weighted by molar-refractivity contribution is 0.0422. The van der Waals surface area contributed by atoms with E-state index < -0.39 is 0 Å². The molecule has 0 bridgehead atoms. The summed E-state index contributed by atoms with van der Waals surface area (Å²) in [6, 6.07) is 12.9. The lowest BCUT2D eigenvalue weighted by atomic mass is 10.0. The smallest absolute Gasteiger partial charge is 0.0793 e. The van der Waals surface area contributed by atoms with Crippen LogP contribution in [0.5, 0.6) is 0 Å². The fourth-order valence-electron chi connectivity index (χ4n) is 3.78. The number of aliphatic hydroxyl groups is 1. The second-order valence-corrected chi connectivity index (χ2v) is 7.21. The fraction of sp³-hybridized carbons (Fsp3) is 0.550. The molecule has 1 aliphatic rings. The lowest BCUT2D eigenvalue weighted by Gasteiger charge is -2.37. The van der Waals surface area contributed by atoms with Gasteiger partial charge in [-0.25, -0.2) is 0 Å². The fourth-order valence-corrected chi connectivity index (χ4v) is 3.78. The zero-order chi connectivity index (χ0) is 17.5. The molecule has 1 N–H and O–H groups in total. The van der Waals surface area contributed by atoms with Crippen molar-refractivity contribution in [2.24, 2.45) is 0 Å². The molecular formula is C20H30N4O. The first kappa shape index (κ1) is 18.1. The monoisotopic (exact) mass is 342 g/mol. The molecule has 2 atom stereocenters. The summed E-state index contributed by atoms with van der Waals surface area (Å²) in [6.45, 7) is 4.30. The van der Waals surface area contributed by atoms with E-state index in [2.05, 4.69) is 46.2 Å². The zero-order valence-electron chi connectivity index (χ0n) is 15.2. The second-order valence-electron chi connectivity index (χ2n) is 7.21. The first-order valence-electron chi connectivity index (χ1n) is 9.33. The number of β-amino-alcohol motifs (C(OH)–C–C–N with tert-alkyl or cyclic N) is 1. The van der Waals surface area contributed by atoms with Gasteiger partial charge in [0.1, 0.15) is 0 Å². The van der Waals surface area contributed by atoms with Crippen molar-refractivity contribution in [3.8, 4) is 0 Å². The molecule has 0 aliphatic carbocycles. The van der Waals surface area contributed by atoms with Gasteiger partial charge in [0.25, 0.3) is 0 Å². The number of nitrogens with zero attached hydrogens (tertiary/aromatic N) is 4. The molecule has 2 aromatic rings. The van der Waals surface area contributed by atoms with E-state index in [9.17, 15) is 5.11 Å². The zero-order valence-corrected chi connectivity index (χ0v) is 15.2. The van der Waals surface area contributed by atoms with Crippen LogP contribution in [0, 0.1) is 0 Å². The van der Waals surface area contributed by atoms with Crippen LogP contribution < -0.4 is 0 Å². The molecule has 1 aromatic carbocycles. The molecule has 1 fully saturated rings. The Hall–Kier alpha value is -1.69. The summed E-state index contributed by atoms with van der Waals surface area (Å²) in [5.74, 6) is 0. The van der Waals surface area contributed by atoms with Gasteiger partial charge in [0, 0.05) is 38.1 Å². The maximum absolute atomic E-state index is 10.6. The number of aromatic nitrogens is 2. The lowest BCUT2D eigenvalue weighted by Crippen LogP contribution is -2.47. The van der Waals surface area contributed by atoms with Gasteiger partial charge in [0.15, 0.2) is 0 Å². The van der Waals surface area contributed by atoms with Crippen LogP contribution in [0.4, 0.5) is 0 Å². The number of aliphatic hydroxyl groups excluding tert-OH is 1. The Labute approximate surface area is 150 Å². The van der Waals surface area contributed by atoms with Gasteiger partial charge >= 0.3 is 0 Å². The summed E-state index contributed by atoms with van der Waals surface area (Å²) in [7, 11) is 2.08. The Morgan fingerprint density at radius 3 is 2.84 bits per heavy atom. The quantitative estimate of drug-likeness (QED) is 0.799. The van der Waals surface area contributed by atoms with Gasteiger partial charge in [-0.05, 0) is 38.1 Å². The van der Waals surface area contributed by atoms with E-state index in [0.717, 1.165) is 26.2 Å². The van der Waals surface area contributed by atoms with E-state index in [4.69, 9.17) is 0 Å². The molecule has 136 valence electrons. The van der Waals surface area contributed by atoms with Gasteiger partial charge in [-0.3, -0.25) is 14.5 Å². The predicted molar refractivity (Wildman–Crippen MR) is 100 cm³/mol. The summed E-state index contributed by atoms with van der Waals surface area (Å²) < 4.78 is 2.01. The van der Waals surface area contributed by atoms with E-state index in [1.165, 1.54) is 24.8 Å². The number of likely N-dealkylation sites (N-methyl/N-ethyl adjacent to an activating group) is 1. The summed E-state index contributed by atoms with van der Waals surface area (Å²) in [4.78, 5) is 4.65. The van der Waals surface area contributed by atoms with Crippen LogP contribution in [0.3, 0.4) is 0 Å². The van der Waals surface area contributed by atoms with Crippen molar-refractivity contribution in [1.82, 2.24) is 19.6 Å². The molecule has 1 saturated heterocycles. The van der Waals surface area contributed by atoms with Crippen molar-refractivity contribution < 1.29 is 5.11 Å². The van der Waals surface area contributed by atoms with Crippen LogP contribution in [-0.4, -0.2) is 63.5 Å². The number of rotatable bonds is 8. The van der Waals surface area contributed by atoms with Crippen LogP contribution in [0.25, 0.3) is 0 Å². The molecule has 5 nitrogen and oxygen atoms in total. The van der Waals surface area contributed by atoms with Crippen molar-refractivity contribution in [1.29, 1.82) is 0 Å². The number of benzene rings is 1. The molecule has 1 aromatic heterocycles. The van der Waals surface area contributed by atoms with Gasteiger partial charge in [-0.15, -0.1) is 0 Å². The van der Waals surface area contributed by atoms with E-state index in [-0.39, 0.29) is 6.10 Å². The van der Waals surface area contributed by atoms with Crippen LogP contribution in [-0.2, 0) is 13.1 Å². The van der Waals surface area contributed by atoms with Gasteiger partial charge in [-0.2, -0.15) is 5.10 Å². The Morgan fingerprint density at radius 1 is 1.24 bits per heavy atom. The minimum Gasteiger partial charge on any atom is -0.390 e. The first-order valence-corrected chi connectivity index (χ1v) is 9.33. The van der Waals surface area contributed by atoms with Crippen LogP contribution in [0.15, 0.2) is 48.8 Å². The van der Waals surface area contributed by atoms with Crippen LogP contribution in [0.1, 0.15) is 24.8 Å². The first-order chi connectivity index (χ1) is 12.2. The third kappa shape index (κ3) is 5.66. The average molecular weight is 342 g/mol. The van der Waals surface area contributed by atoms with Gasteiger partial charge in [-0.1, -0.05) is 36.8 Å². The summed E-state index contributed by atoms with van der Waals surface area (Å²) in [5, 5.41) is 14.9. The Balaban J connectivity index is 1.48. The van der Waals surface area contributed by atoms with E-state index in [1.54, 1.807) is 0 Å². The van der Waals surface area contributed by atoms with E-state index in [0.29, 0.717) is 12.6 Å². The standard InChI is InChI=1S/C20H30N4O/c1-22(14-18-8-3-2-4-9-18)16-20(25)17-23-12-6-5-10-19(23)15-24-13-7-11-21-24/h2-4,7-9,11,13,19-20,25H,5-6,10,12,14-17H2,1H3/t19-,20+/m1/s1. The molecule has 0 radical (unpaired) electrons. The Morgan fingerprint density at radius 2 is 2.08 bits per heavy atom. The van der Waals surface area contributed by atoms with Crippen molar-refractivity contribution in [2.75, 3.05) is 26.7 Å². The highest BCUT2D eigenvalue weighted by molar-refractivity contribution is 5.14. The number of piperidine rings is 1. The Bertz CT molecular complexity index is 601. The van der Waals surface area contributed by atoms with Crippen LogP contribution in [0.2, 0.25) is 0 Å². The maximum Gasteiger partial charge on any atom is 0.0793 e. The van der Waals surface area contributed by atoms with E-state index >= 15 is 0 Å². The molecular weight excluding hydrogens is 312 g/mol.